The Morgan fingerprint density at radius 2 is 0.588 bits per heavy atom. The van der Waals surface area contributed by atoms with Crippen molar-refractivity contribution in [3.63, 3.8) is 0 Å². The molecule has 0 spiro atoms. The van der Waals surface area contributed by atoms with E-state index < -0.39 is 83.0 Å². The smallest absolute Gasteiger partial charge is 0.411 e. The first kappa shape index (κ1) is 83.6. The minimum atomic E-state index is -0.775. The van der Waals surface area contributed by atoms with Crippen LogP contribution in [-0.2, 0) is 102 Å². The van der Waals surface area contributed by atoms with Crippen molar-refractivity contribution in [3.8, 4) is 0 Å². The van der Waals surface area contributed by atoms with Crippen molar-refractivity contribution in [2.45, 2.75) is 182 Å². The van der Waals surface area contributed by atoms with Gasteiger partial charge in [0.25, 0.3) is 0 Å². The third-order valence-corrected chi connectivity index (χ3v) is 16.4. The Hall–Kier alpha value is -9.48. The minimum absolute atomic E-state index is 0. The number of benzene rings is 4. The Morgan fingerprint density at radius 1 is 0.361 bits per heavy atom. The molecule has 4 aromatic carbocycles. The number of carbonyl (C=O) groups excluding carboxylic acids is 12. The van der Waals surface area contributed by atoms with Gasteiger partial charge in [-0.2, -0.15) is 0 Å². The fourth-order valence-corrected chi connectivity index (χ4v) is 8.01. The minimum Gasteiger partial charge on any atom is -0.449 e. The van der Waals surface area contributed by atoms with Gasteiger partial charge < -0.3 is 37.9 Å². The quantitative estimate of drug-likeness (QED) is 0.0214. The van der Waals surface area contributed by atoms with E-state index in [2.05, 4.69) is 21.3 Å². The molecule has 0 radical (unpaired) electrons. The first-order valence-corrected chi connectivity index (χ1v) is 32.3. The molecule has 0 aliphatic heterocycles. The Morgan fingerprint density at radius 3 is 0.794 bits per heavy atom. The summed E-state index contributed by atoms with van der Waals surface area (Å²) >= 11 is 0. The summed E-state index contributed by atoms with van der Waals surface area (Å²) in [5.74, 6) is -6.39. The lowest BCUT2D eigenvalue weighted by molar-refractivity contribution is -0.167. The fraction of sp³-hybridized carbons (Fsp3) is 0.507. The normalized spacial score (nSPS) is 11.8. The largest absolute Gasteiger partial charge is 0.449 e. The molecule has 0 aromatic heterocycles. The summed E-state index contributed by atoms with van der Waals surface area (Å²) in [5.41, 5.74) is 5.53. The number of carbonyl (C=O) groups is 12. The number of rotatable bonds is 30. The average molecular weight is 1350 g/mol. The van der Waals surface area contributed by atoms with Gasteiger partial charge in [-0.3, -0.25) is 59.6 Å². The standard InChI is InChI=1S/C37H50N2O10.C35H46N2O10.CH4/c1-10-25(21-46-34(44)38-28-15-13-23(4)26(17-28)19-30(40)48-32(42)36(6,7)11-2)22-47-35(45)39-29-16-14-24(5)27(18-29)20-31(41)49-33(43)37(8,9)12-3;1-8-21(4)32(40)46-30(38)17-26-15-28(13-11-23(26)6)36-34(42)44-19-25(10-3)20-45-35(43)37-29-14-12-24(7)27(16-29)18-31(39)47-33(41)22(5)9-2;/h13-18,25H,10-12,19-22H2,1-9H3,(H,38,44)(H,39,45);11-16,21-22,25H,8-10,17-20H2,1-7H3,(H,36,42)(H,37,43);1H4. The summed E-state index contributed by atoms with van der Waals surface area (Å²) < 4.78 is 41.3. The fourth-order valence-electron chi connectivity index (χ4n) is 8.01. The number of aryl methyl sites for hydroxylation is 4. The van der Waals surface area contributed by atoms with E-state index >= 15 is 0 Å². The van der Waals surface area contributed by atoms with Crippen LogP contribution < -0.4 is 21.3 Å². The van der Waals surface area contributed by atoms with Crippen LogP contribution in [0, 0.1) is 62.2 Å². The third-order valence-electron chi connectivity index (χ3n) is 16.4. The Kier molecular flexibility index (Phi) is 35.2. The molecule has 24 nitrogen and oxygen atoms in total. The molecule has 532 valence electrons. The van der Waals surface area contributed by atoms with Crippen molar-refractivity contribution >= 4 is 94.9 Å². The molecular formula is C73H100N4O20. The molecule has 0 bridgehead atoms. The number of hydrogen-bond acceptors (Lipinski definition) is 20. The molecule has 0 heterocycles. The summed E-state index contributed by atoms with van der Waals surface area (Å²) in [6.45, 7) is 28.4. The van der Waals surface area contributed by atoms with Gasteiger partial charge in [-0.1, -0.05) is 87.1 Å². The predicted molar refractivity (Wildman–Crippen MR) is 365 cm³/mol. The first-order chi connectivity index (χ1) is 45.1. The summed E-state index contributed by atoms with van der Waals surface area (Å²) in [4.78, 5) is 148. The highest BCUT2D eigenvalue weighted by atomic mass is 16.6. The Balaban J connectivity index is 0.000000654. The molecule has 4 rings (SSSR count). The van der Waals surface area contributed by atoms with E-state index in [1.807, 2.05) is 41.5 Å². The lowest BCUT2D eigenvalue weighted by Gasteiger charge is -2.19. The summed E-state index contributed by atoms with van der Waals surface area (Å²) in [6.07, 6.45) is -0.200. The molecule has 97 heavy (non-hydrogen) atoms. The van der Waals surface area contributed by atoms with Gasteiger partial charge in [0.15, 0.2) is 0 Å². The van der Waals surface area contributed by atoms with Crippen LogP contribution in [0.25, 0.3) is 0 Å². The number of hydrogen-bond donors (Lipinski definition) is 4. The molecule has 24 heteroatoms. The van der Waals surface area contributed by atoms with Crippen molar-refractivity contribution in [3.05, 3.63) is 117 Å². The number of amides is 4. The molecule has 4 N–H and O–H groups in total. The van der Waals surface area contributed by atoms with Crippen LogP contribution in [0.15, 0.2) is 72.8 Å². The van der Waals surface area contributed by atoms with Crippen LogP contribution >= 0.6 is 0 Å². The number of nitrogens with one attached hydrogen (secondary N) is 4. The van der Waals surface area contributed by atoms with Crippen molar-refractivity contribution in [2.24, 2.45) is 34.5 Å². The SMILES string of the molecule is C.CCC(COC(=O)Nc1ccc(C)c(CC(=O)OC(=O)C(C)(C)CC)c1)COC(=O)Nc1ccc(C)c(CC(=O)OC(=O)C(C)(C)CC)c1.CCC(COC(=O)Nc1ccc(C)c(CC(=O)OC(=O)C(C)CC)c1)COC(=O)Nc1ccc(C)c(CC(=O)OC(=O)C(C)CC)c1. The van der Waals surface area contributed by atoms with Crippen molar-refractivity contribution in [2.75, 3.05) is 47.7 Å². The highest BCUT2D eigenvalue weighted by molar-refractivity contribution is 5.93. The van der Waals surface area contributed by atoms with Gasteiger partial charge in [0.2, 0.25) is 0 Å². The monoisotopic (exact) mass is 1350 g/mol. The van der Waals surface area contributed by atoms with Crippen LogP contribution in [0.3, 0.4) is 0 Å². The third kappa shape index (κ3) is 29.6. The van der Waals surface area contributed by atoms with E-state index in [0.29, 0.717) is 83.5 Å². The summed E-state index contributed by atoms with van der Waals surface area (Å²) in [7, 11) is 0. The highest BCUT2D eigenvalue weighted by Crippen LogP contribution is 2.26. The van der Waals surface area contributed by atoms with Gasteiger partial charge in [-0.05, 0) is 187 Å². The zero-order valence-electron chi connectivity index (χ0n) is 58.3. The second kappa shape index (κ2) is 40.8. The van der Waals surface area contributed by atoms with Gasteiger partial charge in [0.1, 0.15) is 0 Å². The highest BCUT2D eigenvalue weighted by Gasteiger charge is 2.31. The van der Waals surface area contributed by atoms with E-state index in [1.54, 1.807) is 142 Å². The average Bonchev–Trinajstić information content (AvgIpc) is 1.02. The molecule has 0 saturated carbocycles. The van der Waals surface area contributed by atoms with Crippen molar-refractivity contribution in [1.29, 1.82) is 0 Å². The summed E-state index contributed by atoms with van der Waals surface area (Å²) in [6, 6.07) is 20.0. The van der Waals surface area contributed by atoms with E-state index in [0.717, 1.165) is 22.3 Å². The lowest BCUT2D eigenvalue weighted by atomic mass is 9.91. The predicted octanol–water partition coefficient (Wildman–Crippen LogP) is 14.3. The maximum Gasteiger partial charge on any atom is 0.411 e. The molecular weight excluding hydrogens is 1250 g/mol. The van der Waals surface area contributed by atoms with Crippen LogP contribution in [0.4, 0.5) is 41.9 Å². The van der Waals surface area contributed by atoms with Crippen molar-refractivity contribution < 1.29 is 95.4 Å². The van der Waals surface area contributed by atoms with E-state index in [9.17, 15) is 57.5 Å². The van der Waals surface area contributed by atoms with Crippen molar-refractivity contribution in [1.82, 2.24) is 0 Å². The van der Waals surface area contributed by atoms with Crippen LogP contribution in [0.5, 0.6) is 0 Å². The van der Waals surface area contributed by atoms with Gasteiger partial charge >= 0.3 is 72.1 Å². The maximum atomic E-state index is 12.5. The lowest BCUT2D eigenvalue weighted by Crippen LogP contribution is -2.28. The molecule has 2 atom stereocenters. The maximum absolute atomic E-state index is 12.5. The van der Waals surface area contributed by atoms with E-state index in [1.165, 1.54) is 0 Å². The van der Waals surface area contributed by atoms with Gasteiger partial charge in [0.05, 0.1) is 74.8 Å². The topological polar surface area (TPSA) is 327 Å². The number of ether oxygens (including phenoxy) is 8. The van der Waals surface area contributed by atoms with Crippen LogP contribution in [0.1, 0.15) is 174 Å². The second-order valence-electron chi connectivity index (χ2n) is 24.9. The number of anilines is 4. The molecule has 2 unspecified atom stereocenters. The van der Waals surface area contributed by atoms with Gasteiger partial charge in [0, 0.05) is 34.6 Å². The Labute approximate surface area is 570 Å². The Bertz CT molecular complexity index is 3190. The molecule has 4 amide bonds. The van der Waals surface area contributed by atoms with E-state index in [-0.39, 0.29) is 83.2 Å². The molecule has 0 aliphatic rings. The molecule has 0 aliphatic carbocycles. The van der Waals surface area contributed by atoms with Crippen LogP contribution in [-0.4, -0.2) is 98.6 Å². The van der Waals surface area contributed by atoms with Gasteiger partial charge in [-0.25, -0.2) is 19.2 Å². The second-order valence-corrected chi connectivity index (χ2v) is 24.9. The molecule has 0 fully saturated rings. The van der Waals surface area contributed by atoms with E-state index in [4.69, 9.17) is 37.9 Å². The molecule has 0 saturated heterocycles. The first-order valence-electron chi connectivity index (χ1n) is 32.3. The zero-order chi connectivity index (χ0) is 72.0. The summed E-state index contributed by atoms with van der Waals surface area (Å²) in [5, 5.41) is 10.5. The van der Waals surface area contributed by atoms with Gasteiger partial charge in [-0.15, -0.1) is 0 Å². The molecule has 4 aromatic rings. The van der Waals surface area contributed by atoms with Crippen LogP contribution in [0.2, 0.25) is 0 Å². The zero-order valence-corrected chi connectivity index (χ0v) is 58.3. The number of esters is 8.